The first-order chi connectivity index (χ1) is 10.1. The van der Waals surface area contributed by atoms with Crippen molar-refractivity contribution in [3.8, 4) is 0 Å². The molecular weight excluding hydrogens is 264 g/mol. The van der Waals surface area contributed by atoms with E-state index in [4.69, 9.17) is 4.74 Å². The highest BCUT2D eigenvalue weighted by atomic mass is 16.5. The topological polar surface area (TPSA) is 50.4 Å². The van der Waals surface area contributed by atoms with E-state index in [2.05, 4.69) is 22.8 Å². The fourth-order valence-electron chi connectivity index (χ4n) is 3.44. The SMILES string of the molecule is C[C@@]1(C(=O)NC2(c3ccccc3)CCCC2)CNCCO1. The molecule has 2 fully saturated rings. The Balaban J connectivity index is 1.81. The Morgan fingerprint density at radius 1 is 1.24 bits per heavy atom. The number of hydrogen-bond acceptors (Lipinski definition) is 3. The van der Waals surface area contributed by atoms with Crippen molar-refractivity contribution in [1.82, 2.24) is 10.6 Å². The van der Waals surface area contributed by atoms with Gasteiger partial charge in [-0.1, -0.05) is 43.2 Å². The van der Waals surface area contributed by atoms with Gasteiger partial charge in [0.25, 0.3) is 5.91 Å². The zero-order chi connectivity index (χ0) is 14.8. The van der Waals surface area contributed by atoms with Crippen LogP contribution in [0.4, 0.5) is 0 Å². The number of carbonyl (C=O) groups is 1. The third-order valence-electron chi connectivity index (χ3n) is 4.78. The number of nitrogens with one attached hydrogen (secondary N) is 2. The van der Waals surface area contributed by atoms with Gasteiger partial charge in [0.2, 0.25) is 0 Å². The van der Waals surface area contributed by atoms with Gasteiger partial charge in [0.05, 0.1) is 12.1 Å². The van der Waals surface area contributed by atoms with Crippen molar-refractivity contribution in [2.45, 2.75) is 43.7 Å². The Kier molecular flexibility index (Phi) is 4.00. The first-order valence-electron chi connectivity index (χ1n) is 7.88. The molecule has 1 saturated carbocycles. The smallest absolute Gasteiger partial charge is 0.253 e. The largest absolute Gasteiger partial charge is 0.363 e. The molecule has 1 heterocycles. The molecule has 4 heteroatoms. The van der Waals surface area contributed by atoms with Gasteiger partial charge in [0.1, 0.15) is 0 Å². The number of benzene rings is 1. The minimum atomic E-state index is -0.761. The second kappa shape index (κ2) is 5.78. The number of amides is 1. The number of hydrogen-bond donors (Lipinski definition) is 2. The van der Waals surface area contributed by atoms with Crippen molar-refractivity contribution in [1.29, 1.82) is 0 Å². The summed E-state index contributed by atoms with van der Waals surface area (Å²) in [5.41, 5.74) is 0.230. The standard InChI is InChI=1S/C17H24N2O2/c1-16(13-18-11-12-21-16)15(20)19-17(9-5-6-10-17)14-7-3-2-4-8-14/h2-4,7-8,18H,5-6,9-13H2,1H3,(H,19,20)/t16-/m0/s1. The fourth-order valence-corrected chi connectivity index (χ4v) is 3.44. The summed E-state index contributed by atoms with van der Waals surface area (Å²) < 4.78 is 5.74. The average Bonchev–Trinajstić information content (AvgIpc) is 2.99. The molecule has 0 spiro atoms. The average molecular weight is 288 g/mol. The maximum atomic E-state index is 12.8. The van der Waals surface area contributed by atoms with Gasteiger partial charge in [-0.15, -0.1) is 0 Å². The lowest BCUT2D eigenvalue weighted by Crippen LogP contribution is -2.60. The van der Waals surface area contributed by atoms with Gasteiger partial charge in [-0.05, 0) is 25.3 Å². The lowest BCUT2D eigenvalue weighted by Gasteiger charge is -2.38. The van der Waals surface area contributed by atoms with Gasteiger partial charge in [-0.3, -0.25) is 4.79 Å². The molecule has 1 atom stereocenters. The summed E-state index contributed by atoms with van der Waals surface area (Å²) in [6, 6.07) is 10.3. The highest BCUT2D eigenvalue weighted by molar-refractivity contribution is 5.86. The second-order valence-electron chi connectivity index (χ2n) is 6.37. The quantitative estimate of drug-likeness (QED) is 0.894. The van der Waals surface area contributed by atoms with Crippen LogP contribution in [0.1, 0.15) is 38.2 Å². The lowest BCUT2D eigenvalue weighted by molar-refractivity contribution is -0.150. The van der Waals surface area contributed by atoms with Crippen molar-refractivity contribution in [3.63, 3.8) is 0 Å². The van der Waals surface area contributed by atoms with Crippen LogP contribution in [0.25, 0.3) is 0 Å². The molecule has 1 aliphatic carbocycles. The Bertz CT molecular complexity index is 489. The maximum absolute atomic E-state index is 12.8. The number of morpholine rings is 1. The molecule has 0 aromatic heterocycles. The lowest BCUT2D eigenvalue weighted by atomic mass is 9.87. The van der Waals surface area contributed by atoms with Crippen LogP contribution in [0.15, 0.2) is 30.3 Å². The number of rotatable bonds is 3. The molecule has 2 N–H and O–H groups in total. The van der Waals surface area contributed by atoms with Crippen LogP contribution in [0.3, 0.4) is 0 Å². The van der Waals surface area contributed by atoms with Crippen LogP contribution in [0.2, 0.25) is 0 Å². The molecule has 0 bridgehead atoms. The van der Waals surface area contributed by atoms with E-state index >= 15 is 0 Å². The Morgan fingerprint density at radius 2 is 1.95 bits per heavy atom. The third-order valence-corrected chi connectivity index (χ3v) is 4.78. The molecule has 1 aliphatic heterocycles. The van der Waals surface area contributed by atoms with Crippen LogP contribution in [-0.4, -0.2) is 31.2 Å². The van der Waals surface area contributed by atoms with E-state index in [0.717, 1.165) is 32.2 Å². The molecular formula is C17H24N2O2. The van der Waals surface area contributed by atoms with Gasteiger partial charge < -0.3 is 15.4 Å². The van der Waals surface area contributed by atoms with Crippen LogP contribution >= 0.6 is 0 Å². The first kappa shape index (κ1) is 14.5. The van der Waals surface area contributed by atoms with E-state index in [9.17, 15) is 4.79 Å². The van der Waals surface area contributed by atoms with Gasteiger partial charge in [0.15, 0.2) is 5.60 Å². The summed E-state index contributed by atoms with van der Waals surface area (Å²) in [6.45, 7) is 3.85. The normalized spacial score (nSPS) is 28.2. The molecule has 1 aromatic rings. The van der Waals surface area contributed by atoms with Gasteiger partial charge in [-0.2, -0.15) is 0 Å². The van der Waals surface area contributed by atoms with E-state index in [1.807, 2.05) is 25.1 Å². The predicted molar refractivity (Wildman–Crippen MR) is 82.0 cm³/mol. The Morgan fingerprint density at radius 3 is 2.57 bits per heavy atom. The molecule has 1 aromatic carbocycles. The third kappa shape index (κ3) is 2.83. The molecule has 21 heavy (non-hydrogen) atoms. The molecule has 114 valence electrons. The van der Waals surface area contributed by atoms with E-state index in [1.165, 1.54) is 5.56 Å². The summed E-state index contributed by atoms with van der Waals surface area (Å²) in [4.78, 5) is 12.8. The van der Waals surface area contributed by atoms with Gasteiger partial charge in [0, 0.05) is 13.1 Å². The summed E-state index contributed by atoms with van der Waals surface area (Å²) >= 11 is 0. The molecule has 0 unspecified atom stereocenters. The van der Waals surface area contributed by atoms with Gasteiger partial charge in [-0.25, -0.2) is 0 Å². The highest BCUT2D eigenvalue weighted by Crippen LogP contribution is 2.39. The summed E-state index contributed by atoms with van der Waals surface area (Å²) in [5, 5.41) is 6.56. The van der Waals surface area contributed by atoms with E-state index in [-0.39, 0.29) is 11.4 Å². The van der Waals surface area contributed by atoms with Crippen molar-refractivity contribution in [2.24, 2.45) is 0 Å². The molecule has 0 radical (unpaired) electrons. The summed E-state index contributed by atoms with van der Waals surface area (Å²) in [6.07, 6.45) is 4.33. The minimum absolute atomic E-state index is 0.000420. The second-order valence-corrected chi connectivity index (χ2v) is 6.37. The maximum Gasteiger partial charge on any atom is 0.253 e. The molecule has 1 saturated heterocycles. The highest BCUT2D eigenvalue weighted by Gasteiger charge is 2.43. The minimum Gasteiger partial charge on any atom is -0.363 e. The Labute approximate surface area is 126 Å². The Hall–Kier alpha value is -1.39. The van der Waals surface area contributed by atoms with E-state index < -0.39 is 5.60 Å². The zero-order valence-corrected chi connectivity index (χ0v) is 12.7. The van der Waals surface area contributed by atoms with Crippen LogP contribution in [0, 0.1) is 0 Å². The van der Waals surface area contributed by atoms with Crippen molar-refractivity contribution in [3.05, 3.63) is 35.9 Å². The van der Waals surface area contributed by atoms with Crippen molar-refractivity contribution in [2.75, 3.05) is 19.7 Å². The molecule has 2 aliphatic rings. The molecule has 1 amide bonds. The number of carbonyl (C=O) groups excluding carboxylic acids is 1. The number of ether oxygens (including phenoxy) is 1. The summed E-state index contributed by atoms with van der Waals surface area (Å²) in [7, 11) is 0. The first-order valence-corrected chi connectivity index (χ1v) is 7.88. The van der Waals surface area contributed by atoms with Crippen molar-refractivity contribution >= 4 is 5.91 Å². The van der Waals surface area contributed by atoms with Crippen LogP contribution < -0.4 is 10.6 Å². The van der Waals surface area contributed by atoms with Gasteiger partial charge >= 0.3 is 0 Å². The van der Waals surface area contributed by atoms with Crippen molar-refractivity contribution < 1.29 is 9.53 Å². The van der Waals surface area contributed by atoms with E-state index in [1.54, 1.807) is 0 Å². The van der Waals surface area contributed by atoms with Crippen LogP contribution in [0.5, 0.6) is 0 Å². The zero-order valence-electron chi connectivity index (χ0n) is 12.7. The predicted octanol–water partition coefficient (Wildman–Crippen LogP) is 1.95. The molecule has 3 rings (SSSR count). The summed E-state index contributed by atoms with van der Waals surface area (Å²) in [5.74, 6) is 0.000420. The van der Waals surface area contributed by atoms with Crippen LogP contribution in [-0.2, 0) is 15.1 Å². The monoisotopic (exact) mass is 288 g/mol. The fraction of sp³-hybridized carbons (Fsp3) is 0.588. The molecule has 4 nitrogen and oxygen atoms in total. The van der Waals surface area contributed by atoms with E-state index in [0.29, 0.717) is 13.2 Å².